The number of halogens is 2. The smallest absolute Gasteiger partial charge is 0.240 e. The number of carbonyl (C=O) groups excluding carboxylic acids is 2. The molecule has 0 spiro atoms. The molecule has 0 aliphatic carbocycles. The number of hydrazone groups is 1. The van der Waals surface area contributed by atoms with Crippen molar-refractivity contribution >= 4 is 41.2 Å². The van der Waals surface area contributed by atoms with Gasteiger partial charge in [0.15, 0.2) is 0 Å². The lowest BCUT2D eigenvalue weighted by atomic mass is 10.2. The summed E-state index contributed by atoms with van der Waals surface area (Å²) in [5, 5.41) is 7.35. The first-order valence-corrected chi connectivity index (χ1v) is 8.38. The first kappa shape index (κ1) is 19.0. The first-order valence-electron chi connectivity index (χ1n) is 7.63. The van der Waals surface area contributed by atoms with Crippen LogP contribution in [0.3, 0.4) is 0 Å². The fraction of sp³-hybridized carbons (Fsp3) is 0.167. The Morgan fingerprint density at radius 3 is 2.44 bits per heavy atom. The maximum absolute atomic E-state index is 11.7. The lowest BCUT2D eigenvalue weighted by Crippen LogP contribution is -2.25. The van der Waals surface area contributed by atoms with Gasteiger partial charge in [0, 0.05) is 24.9 Å². The summed E-state index contributed by atoms with van der Waals surface area (Å²) in [6, 6.07) is 14.7. The van der Waals surface area contributed by atoms with Crippen molar-refractivity contribution in [3.63, 3.8) is 0 Å². The molecule has 0 aliphatic rings. The third-order valence-corrected chi connectivity index (χ3v) is 4.12. The van der Waals surface area contributed by atoms with Crippen LogP contribution < -0.4 is 10.7 Å². The number of nitrogens with zero attached hydrogens (tertiary/aromatic N) is 1. The predicted octanol–water partition coefficient (Wildman–Crippen LogP) is 3.54. The minimum atomic E-state index is -0.357. The Kier molecular flexibility index (Phi) is 7.44. The zero-order chi connectivity index (χ0) is 18.1. The van der Waals surface area contributed by atoms with Crippen molar-refractivity contribution < 1.29 is 9.59 Å². The van der Waals surface area contributed by atoms with Gasteiger partial charge in [-0.2, -0.15) is 5.10 Å². The zero-order valence-corrected chi connectivity index (χ0v) is 14.8. The molecule has 25 heavy (non-hydrogen) atoms. The largest absolute Gasteiger partial charge is 0.352 e. The van der Waals surface area contributed by atoms with Crippen molar-refractivity contribution in [3.05, 3.63) is 69.7 Å². The van der Waals surface area contributed by atoms with Gasteiger partial charge >= 0.3 is 0 Å². The van der Waals surface area contributed by atoms with Crippen LogP contribution in [0.15, 0.2) is 53.6 Å². The molecule has 2 N–H and O–H groups in total. The van der Waals surface area contributed by atoms with E-state index in [1.54, 1.807) is 18.2 Å². The predicted molar refractivity (Wildman–Crippen MR) is 99.7 cm³/mol. The Hall–Kier alpha value is -2.37. The van der Waals surface area contributed by atoms with Crippen LogP contribution in [0, 0.1) is 0 Å². The average Bonchev–Trinajstić information content (AvgIpc) is 2.62. The number of amides is 2. The highest BCUT2D eigenvalue weighted by Crippen LogP contribution is 2.24. The Morgan fingerprint density at radius 2 is 1.68 bits per heavy atom. The molecule has 0 unspecified atom stereocenters. The summed E-state index contributed by atoms with van der Waals surface area (Å²) in [7, 11) is 0. The minimum Gasteiger partial charge on any atom is -0.352 e. The Balaban J connectivity index is 1.70. The number of benzene rings is 2. The van der Waals surface area contributed by atoms with E-state index < -0.39 is 0 Å². The second-order valence-corrected chi connectivity index (χ2v) is 5.98. The molecule has 7 heteroatoms. The van der Waals surface area contributed by atoms with Gasteiger partial charge in [0.2, 0.25) is 11.8 Å². The number of rotatable bonds is 7. The highest BCUT2D eigenvalue weighted by atomic mass is 35.5. The second kappa shape index (κ2) is 9.81. The Bertz CT molecular complexity index is 764. The Morgan fingerprint density at radius 1 is 0.960 bits per heavy atom. The highest BCUT2D eigenvalue weighted by Gasteiger charge is 2.06. The van der Waals surface area contributed by atoms with E-state index in [1.165, 1.54) is 6.21 Å². The van der Waals surface area contributed by atoms with Crippen LogP contribution in [-0.2, 0) is 16.1 Å². The average molecular weight is 378 g/mol. The van der Waals surface area contributed by atoms with Crippen molar-refractivity contribution in [1.82, 2.24) is 10.7 Å². The maximum atomic E-state index is 11.7. The lowest BCUT2D eigenvalue weighted by molar-refractivity contribution is -0.126. The van der Waals surface area contributed by atoms with Crippen LogP contribution in [-0.4, -0.2) is 18.0 Å². The molecule has 0 aliphatic heterocycles. The molecule has 0 saturated carbocycles. The van der Waals surface area contributed by atoms with E-state index in [1.807, 2.05) is 30.3 Å². The van der Waals surface area contributed by atoms with Crippen molar-refractivity contribution in [2.45, 2.75) is 19.4 Å². The van der Waals surface area contributed by atoms with Gasteiger partial charge in [-0.25, -0.2) is 5.43 Å². The number of carbonyl (C=O) groups is 2. The molecule has 2 aromatic carbocycles. The van der Waals surface area contributed by atoms with Crippen LogP contribution in [0.4, 0.5) is 0 Å². The molecule has 0 aromatic heterocycles. The van der Waals surface area contributed by atoms with Crippen LogP contribution in [0.25, 0.3) is 0 Å². The molecule has 2 amide bonds. The third kappa shape index (κ3) is 6.57. The van der Waals surface area contributed by atoms with E-state index >= 15 is 0 Å². The summed E-state index contributed by atoms with van der Waals surface area (Å²) in [6.45, 7) is 0.437. The molecule has 0 radical (unpaired) electrons. The summed E-state index contributed by atoms with van der Waals surface area (Å²) in [5.41, 5.74) is 3.95. The van der Waals surface area contributed by atoms with Gasteiger partial charge in [0.1, 0.15) is 0 Å². The number of hydrogen-bond donors (Lipinski definition) is 2. The fourth-order valence-electron chi connectivity index (χ4n) is 1.96. The molecule has 130 valence electrons. The third-order valence-electron chi connectivity index (χ3n) is 3.29. The van der Waals surface area contributed by atoms with Crippen LogP contribution in [0.1, 0.15) is 24.0 Å². The molecular weight excluding hydrogens is 361 g/mol. The van der Waals surface area contributed by atoms with E-state index in [2.05, 4.69) is 15.8 Å². The highest BCUT2D eigenvalue weighted by molar-refractivity contribution is 6.43. The van der Waals surface area contributed by atoms with E-state index in [4.69, 9.17) is 23.2 Å². The molecular formula is C18H17Cl2N3O2. The van der Waals surface area contributed by atoms with Crippen LogP contribution in [0.5, 0.6) is 0 Å². The Labute approximate surface area is 156 Å². The number of nitrogens with one attached hydrogen (secondary N) is 2. The molecule has 0 saturated heterocycles. The van der Waals surface area contributed by atoms with Crippen LogP contribution in [0.2, 0.25) is 10.0 Å². The zero-order valence-electron chi connectivity index (χ0n) is 13.3. The van der Waals surface area contributed by atoms with E-state index in [9.17, 15) is 9.59 Å². The molecule has 5 nitrogen and oxygen atoms in total. The molecule has 0 atom stereocenters. The summed E-state index contributed by atoms with van der Waals surface area (Å²) < 4.78 is 0. The summed E-state index contributed by atoms with van der Waals surface area (Å²) in [4.78, 5) is 23.4. The summed E-state index contributed by atoms with van der Waals surface area (Å²) in [5.74, 6) is -0.551. The van der Waals surface area contributed by atoms with Crippen molar-refractivity contribution in [3.8, 4) is 0 Å². The van der Waals surface area contributed by atoms with Gasteiger partial charge in [0.05, 0.1) is 16.3 Å². The van der Waals surface area contributed by atoms with Crippen molar-refractivity contribution in [1.29, 1.82) is 0 Å². The molecule has 2 aromatic rings. The monoisotopic (exact) mass is 377 g/mol. The van der Waals surface area contributed by atoms with E-state index in [-0.39, 0.29) is 24.7 Å². The topological polar surface area (TPSA) is 70.6 Å². The SMILES string of the molecule is O=C(CCC(=O)NN=Cc1cccc(Cl)c1Cl)NCc1ccccc1. The standard InChI is InChI=1S/C18H17Cl2N3O2/c19-15-8-4-7-14(18(15)20)12-22-23-17(25)10-9-16(24)21-11-13-5-2-1-3-6-13/h1-8,12H,9-11H2,(H,21,24)(H,23,25). The van der Waals surface area contributed by atoms with E-state index in [0.29, 0.717) is 22.2 Å². The molecule has 0 bridgehead atoms. The van der Waals surface area contributed by atoms with Gasteiger partial charge in [-0.05, 0) is 11.6 Å². The van der Waals surface area contributed by atoms with Gasteiger partial charge < -0.3 is 5.32 Å². The first-order chi connectivity index (χ1) is 12.1. The molecule has 0 heterocycles. The van der Waals surface area contributed by atoms with Gasteiger partial charge in [-0.1, -0.05) is 65.7 Å². The normalized spacial score (nSPS) is 10.6. The lowest BCUT2D eigenvalue weighted by Gasteiger charge is -2.05. The van der Waals surface area contributed by atoms with E-state index in [0.717, 1.165) is 5.56 Å². The van der Waals surface area contributed by atoms with Gasteiger partial charge in [-0.15, -0.1) is 0 Å². The quantitative estimate of drug-likeness (QED) is 0.572. The fourth-order valence-corrected chi connectivity index (χ4v) is 2.32. The maximum Gasteiger partial charge on any atom is 0.240 e. The second-order valence-electron chi connectivity index (χ2n) is 5.20. The number of hydrogen-bond acceptors (Lipinski definition) is 3. The van der Waals surface area contributed by atoms with Crippen molar-refractivity contribution in [2.24, 2.45) is 5.10 Å². The summed E-state index contributed by atoms with van der Waals surface area (Å²) in [6.07, 6.45) is 1.54. The molecule has 2 rings (SSSR count). The molecule has 0 fully saturated rings. The van der Waals surface area contributed by atoms with Crippen molar-refractivity contribution in [2.75, 3.05) is 0 Å². The summed E-state index contributed by atoms with van der Waals surface area (Å²) >= 11 is 11.9. The van der Waals surface area contributed by atoms with Gasteiger partial charge in [-0.3, -0.25) is 9.59 Å². The van der Waals surface area contributed by atoms with Crippen LogP contribution >= 0.6 is 23.2 Å². The minimum absolute atomic E-state index is 0.0429. The van der Waals surface area contributed by atoms with Gasteiger partial charge in [0.25, 0.3) is 0 Å².